The lowest BCUT2D eigenvalue weighted by Crippen LogP contribution is -2.48. The van der Waals surface area contributed by atoms with Gasteiger partial charge in [-0.05, 0) is 42.6 Å². The Hall–Kier alpha value is -2.95. The quantitative estimate of drug-likeness (QED) is 0.633. The molecule has 0 saturated carbocycles. The van der Waals surface area contributed by atoms with Crippen molar-refractivity contribution in [1.82, 2.24) is 10.2 Å². The zero-order chi connectivity index (χ0) is 20.8. The van der Waals surface area contributed by atoms with Crippen molar-refractivity contribution < 1.29 is 9.90 Å². The van der Waals surface area contributed by atoms with Crippen molar-refractivity contribution in [2.75, 3.05) is 19.6 Å². The highest BCUT2D eigenvalue weighted by Gasteiger charge is 2.40. The molecule has 4 nitrogen and oxygen atoms in total. The largest absolute Gasteiger partial charge is 0.372 e. The minimum Gasteiger partial charge on any atom is -0.372 e. The van der Waals surface area contributed by atoms with Crippen LogP contribution in [0.3, 0.4) is 0 Å². The minimum atomic E-state index is -1.74. The van der Waals surface area contributed by atoms with E-state index in [2.05, 4.69) is 22.3 Å². The van der Waals surface area contributed by atoms with Gasteiger partial charge in [0, 0.05) is 6.54 Å². The lowest BCUT2D eigenvalue weighted by molar-refractivity contribution is -0.137. The van der Waals surface area contributed by atoms with Gasteiger partial charge in [-0.15, -0.1) is 0 Å². The van der Waals surface area contributed by atoms with Crippen LogP contribution in [0, 0.1) is 0 Å². The first kappa shape index (κ1) is 20.3. The number of nitrogens with one attached hydrogen (secondary N) is 1. The van der Waals surface area contributed by atoms with Crippen molar-refractivity contribution in [1.29, 1.82) is 0 Å². The van der Waals surface area contributed by atoms with Crippen LogP contribution < -0.4 is 5.32 Å². The van der Waals surface area contributed by atoms with Gasteiger partial charge >= 0.3 is 0 Å². The third kappa shape index (κ3) is 4.16. The van der Waals surface area contributed by atoms with Crippen LogP contribution in [0.2, 0.25) is 0 Å². The van der Waals surface area contributed by atoms with Gasteiger partial charge in [0.2, 0.25) is 0 Å². The fraction of sp³-hybridized carbons (Fsp3) is 0.269. The van der Waals surface area contributed by atoms with E-state index in [0.29, 0.717) is 17.7 Å². The predicted octanol–water partition coefficient (Wildman–Crippen LogP) is 3.88. The Kier molecular flexibility index (Phi) is 6.26. The highest BCUT2D eigenvalue weighted by atomic mass is 16.3. The number of carbonyl (C=O) groups is 1. The first-order chi connectivity index (χ1) is 14.7. The van der Waals surface area contributed by atoms with Crippen LogP contribution in [-0.2, 0) is 10.4 Å². The maximum atomic E-state index is 13.4. The van der Waals surface area contributed by atoms with Gasteiger partial charge in [-0.25, -0.2) is 0 Å². The molecule has 4 rings (SSSR count). The summed E-state index contributed by atoms with van der Waals surface area (Å²) in [5.74, 6) is -0.403. The smallest absolute Gasteiger partial charge is 0.261 e. The molecule has 1 fully saturated rings. The average molecular weight is 401 g/mol. The molecule has 1 amide bonds. The van der Waals surface area contributed by atoms with Crippen LogP contribution in [0.25, 0.3) is 0 Å². The van der Waals surface area contributed by atoms with Crippen molar-refractivity contribution in [3.63, 3.8) is 0 Å². The SMILES string of the molecule is O=C(NCC(c1ccccc1)N1CCCC1)C(O)(c1ccccc1)c1ccccc1. The van der Waals surface area contributed by atoms with Gasteiger partial charge in [0.1, 0.15) is 0 Å². The molecule has 3 aromatic rings. The van der Waals surface area contributed by atoms with E-state index in [4.69, 9.17) is 0 Å². The standard InChI is InChI=1S/C26H28N2O2/c29-25(26(30,22-14-6-2-7-15-22)23-16-8-3-9-17-23)27-20-24(28-18-10-11-19-28)21-12-4-1-5-13-21/h1-9,12-17,24,30H,10-11,18-20H2,(H,27,29). The molecule has 0 spiro atoms. The molecule has 0 aliphatic carbocycles. The third-order valence-corrected chi connectivity index (χ3v) is 5.93. The van der Waals surface area contributed by atoms with Gasteiger partial charge in [0.25, 0.3) is 5.91 Å². The Labute approximate surface area is 178 Å². The van der Waals surface area contributed by atoms with Gasteiger partial charge < -0.3 is 10.4 Å². The molecule has 1 aliphatic heterocycles. The molecule has 2 N–H and O–H groups in total. The predicted molar refractivity (Wildman–Crippen MR) is 119 cm³/mol. The van der Waals surface area contributed by atoms with E-state index in [1.807, 2.05) is 54.6 Å². The number of aliphatic hydroxyl groups is 1. The van der Waals surface area contributed by atoms with Gasteiger partial charge in [0.05, 0.1) is 6.04 Å². The second-order valence-corrected chi connectivity index (χ2v) is 7.82. The van der Waals surface area contributed by atoms with Crippen LogP contribution in [-0.4, -0.2) is 35.5 Å². The molecule has 0 aromatic heterocycles. The van der Waals surface area contributed by atoms with Gasteiger partial charge in [-0.1, -0.05) is 91.0 Å². The topological polar surface area (TPSA) is 52.6 Å². The lowest BCUT2D eigenvalue weighted by atomic mass is 9.85. The highest BCUT2D eigenvalue weighted by Crippen LogP contribution is 2.31. The summed E-state index contributed by atoms with van der Waals surface area (Å²) in [7, 11) is 0. The highest BCUT2D eigenvalue weighted by molar-refractivity contribution is 5.90. The number of rotatable bonds is 7. The van der Waals surface area contributed by atoms with Crippen LogP contribution in [0.15, 0.2) is 91.0 Å². The molecule has 4 heteroatoms. The summed E-state index contributed by atoms with van der Waals surface area (Å²) < 4.78 is 0. The van der Waals surface area contributed by atoms with Crippen molar-refractivity contribution in [2.45, 2.75) is 24.5 Å². The number of amides is 1. The summed E-state index contributed by atoms with van der Waals surface area (Å²) in [5.41, 5.74) is 0.564. The first-order valence-electron chi connectivity index (χ1n) is 10.6. The molecule has 1 atom stereocenters. The maximum absolute atomic E-state index is 13.4. The number of nitrogens with zero attached hydrogens (tertiary/aromatic N) is 1. The average Bonchev–Trinajstić information content (AvgIpc) is 3.35. The molecule has 1 saturated heterocycles. The van der Waals surface area contributed by atoms with Crippen molar-refractivity contribution in [2.24, 2.45) is 0 Å². The fourth-order valence-electron chi connectivity index (χ4n) is 4.29. The molecule has 30 heavy (non-hydrogen) atoms. The number of hydrogen-bond acceptors (Lipinski definition) is 3. The van der Waals surface area contributed by atoms with Crippen LogP contribution in [0.4, 0.5) is 0 Å². The third-order valence-electron chi connectivity index (χ3n) is 5.93. The van der Waals surface area contributed by atoms with Crippen LogP contribution in [0.1, 0.15) is 35.6 Å². The Morgan fingerprint density at radius 2 is 1.30 bits per heavy atom. The van der Waals surface area contributed by atoms with Gasteiger partial charge in [-0.2, -0.15) is 0 Å². The van der Waals surface area contributed by atoms with E-state index in [9.17, 15) is 9.90 Å². The molecule has 154 valence electrons. The summed E-state index contributed by atoms with van der Waals surface area (Å²) >= 11 is 0. The molecule has 1 aliphatic rings. The Morgan fingerprint density at radius 1 is 0.833 bits per heavy atom. The second-order valence-electron chi connectivity index (χ2n) is 7.82. The van der Waals surface area contributed by atoms with E-state index in [0.717, 1.165) is 13.1 Å². The molecular weight excluding hydrogens is 372 g/mol. The molecule has 1 unspecified atom stereocenters. The molecule has 1 heterocycles. The number of hydrogen-bond donors (Lipinski definition) is 2. The normalized spacial score (nSPS) is 15.6. The van der Waals surface area contributed by atoms with E-state index in [1.54, 1.807) is 24.3 Å². The summed E-state index contributed by atoms with van der Waals surface area (Å²) in [6.45, 7) is 2.50. The summed E-state index contributed by atoms with van der Waals surface area (Å²) in [4.78, 5) is 15.9. The van der Waals surface area contributed by atoms with Gasteiger partial charge in [0.15, 0.2) is 5.60 Å². The zero-order valence-corrected chi connectivity index (χ0v) is 17.1. The van der Waals surface area contributed by atoms with E-state index in [-0.39, 0.29) is 6.04 Å². The maximum Gasteiger partial charge on any atom is 0.261 e. The van der Waals surface area contributed by atoms with E-state index >= 15 is 0 Å². The molecule has 3 aromatic carbocycles. The molecule has 0 radical (unpaired) electrons. The van der Waals surface area contributed by atoms with Crippen molar-refractivity contribution in [3.8, 4) is 0 Å². The first-order valence-corrected chi connectivity index (χ1v) is 10.6. The monoisotopic (exact) mass is 400 g/mol. The molecule has 0 bridgehead atoms. The van der Waals surface area contributed by atoms with Crippen molar-refractivity contribution >= 4 is 5.91 Å². The summed E-state index contributed by atoms with van der Waals surface area (Å²) in [5, 5.41) is 14.7. The number of benzene rings is 3. The van der Waals surface area contributed by atoms with Crippen molar-refractivity contribution in [3.05, 3.63) is 108 Å². The van der Waals surface area contributed by atoms with E-state index in [1.165, 1.54) is 18.4 Å². The van der Waals surface area contributed by atoms with E-state index < -0.39 is 11.5 Å². The Bertz CT molecular complexity index is 899. The number of carbonyl (C=O) groups excluding carboxylic acids is 1. The van der Waals surface area contributed by atoms with Crippen LogP contribution in [0.5, 0.6) is 0 Å². The Morgan fingerprint density at radius 3 is 1.80 bits per heavy atom. The summed E-state index contributed by atoms with van der Waals surface area (Å²) in [6.07, 6.45) is 2.35. The lowest BCUT2D eigenvalue weighted by Gasteiger charge is -2.32. The summed E-state index contributed by atoms with van der Waals surface area (Å²) in [6, 6.07) is 28.7. The Balaban J connectivity index is 1.60. The number of likely N-dealkylation sites (tertiary alicyclic amines) is 1. The zero-order valence-electron chi connectivity index (χ0n) is 17.1. The molecular formula is C26H28N2O2. The fourth-order valence-corrected chi connectivity index (χ4v) is 4.29. The van der Waals surface area contributed by atoms with Gasteiger partial charge in [-0.3, -0.25) is 9.69 Å². The van der Waals surface area contributed by atoms with Crippen LogP contribution >= 0.6 is 0 Å². The minimum absolute atomic E-state index is 0.0912. The second kappa shape index (κ2) is 9.24.